The Labute approximate surface area is 409 Å². The molecule has 5 bridgehead atoms. The van der Waals surface area contributed by atoms with Gasteiger partial charge in [0.2, 0.25) is 5.91 Å². The number of phenols is 2. The number of rotatable bonds is 6. The van der Waals surface area contributed by atoms with E-state index < -0.39 is 71.4 Å². The van der Waals surface area contributed by atoms with Gasteiger partial charge in [-0.1, -0.05) is 45.9 Å². The van der Waals surface area contributed by atoms with E-state index in [0.29, 0.717) is 51.0 Å². The normalized spacial score (nSPS) is 29.9. The van der Waals surface area contributed by atoms with Crippen LogP contribution in [-0.2, 0) is 23.9 Å². The molecular formula is C52H71N7O11. The number of esters is 1. The number of fused-ring (bicyclic) bond motifs is 13. The third-order valence-corrected chi connectivity index (χ3v) is 15.1. The minimum atomic E-state index is -1.93. The summed E-state index contributed by atoms with van der Waals surface area (Å²) >= 11 is 0. The predicted octanol–water partition coefficient (Wildman–Crippen LogP) is 3.46. The van der Waals surface area contributed by atoms with Crippen LogP contribution in [0.25, 0.3) is 10.8 Å². The number of nitrogens with zero attached hydrogens (tertiary/aromatic N) is 6. The molecule has 2 amide bonds. The van der Waals surface area contributed by atoms with Crippen LogP contribution in [0.15, 0.2) is 46.1 Å². The molecular weight excluding hydrogens is 899 g/mol. The molecule has 1 unspecified atom stereocenters. The molecule has 2 aromatic carbocycles. The summed E-state index contributed by atoms with van der Waals surface area (Å²) in [5.74, 6) is -5.66. The van der Waals surface area contributed by atoms with Gasteiger partial charge in [0.05, 0.1) is 34.8 Å². The fraction of sp³-hybridized carbons (Fsp3) is 0.615. The summed E-state index contributed by atoms with van der Waals surface area (Å²) in [7, 11) is 2.08. The highest BCUT2D eigenvalue weighted by Gasteiger charge is 2.50. The van der Waals surface area contributed by atoms with Crippen LogP contribution in [0.4, 0.5) is 5.69 Å². The Kier molecular flexibility index (Phi) is 14.8. The Morgan fingerprint density at radius 3 is 2.33 bits per heavy atom. The lowest BCUT2D eigenvalue weighted by Gasteiger charge is -2.46. The van der Waals surface area contributed by atoms with Gasteiger partial charge in [-0.05, 0) is 45.7 Å². The summed E-state index contributed by atoms with van der Waals surface area (Å²) in [6.07, 6.45) is 5.89. The number of phenolic OH excluding ortho intramolecular Hbond substituents is 2. The molecule has 3 saturated heterocycles. The molecule has 0 aliphatic carbocycles. The molecule has 5 N–H and O–H groups in total. The number of aliphatic hydroxyl groups is 2. The SMILES string of the molecule is C/C1=C/C=C/[C@H](C)[C@H](O)[C@@H](C)C(O)C[C@H](OC(=O)CC(=O)N2CCN(C3CN(C)C3)CC2)CC/C=C/O[C@@]2(C)Oc3c(C)c(O)c4c(O)c(c5c(c4c3C2=O)=NC2(CCN(CC(C)C)CC2)N=5)NC1=O. The third kappa shape index (κ3) is 10.2. The van der Waals surface area contributed by atoms with Crippen LogP contribution >= 0.6 is 0 Å². The number of hydrogen-bond donors (Lipinski definition) is 5. The predicted molar refractivity (Wildman–Crippen MR) is 261 cm³/mol. The van der Waals surface area contributed by atoms with Crippen molar-refractivity contribution >= 4 is 40.0 Å². The van der Waals surface area contributed by atoms with Crippen molar-refractivity contribution < 1.29 is 53.8 Å². The van der Waals surface area contributed by atoms with E-state index in [-0.39, 0.29) is 80.5 Å². The lowest BCUT2D eigenvalue weighted by Crippen LogP contribution is -2.62. The number of aliphatic hydroxyl groups excluding tert-OH is 2. The first-order valence-corrected chi connectivity index (χ1v) is 24.9. The number of carbonyl (C=O) groups excluding carboxylic acids is 4. The quantitative estimate of drug-likeness (QED) is 0.159. The van der Waals surface area contributed by atoms with Gasteiger partial charge in [-0.3, -0.25) is 34.1 Å². The largest absolute Gasteiger partial charge is 0.507 e. The zero-order valence-corrected chi connectivity index (χ0v) is 41.9. The van der Waals surface area contributed by atoms with E-state index in [1.807, 2.05) is 0 Å². The van der Waals surface area contributed by atoms with Gasteiger partial charge in [0, 0.05) is 119 Å². The fourth-order valence-corrected chi connectivity index (χ4v) is 10.7. The standard InChI is InChI=1S/C52H71N7O11/c1-29(2)26-57-17-15-52(16-18-57)54-42-39-40-46(64)33(6)48-41(39)49(66)51(7,70-48)68-23-10-9-14-35(69-38(62)25-37(61)59-21-19-58(20-22-59)34-27-56(8)28-34)24-36(60)32(5)45(63)30(3)12-11-13-31(4)50(67)53-44(47(40)65)43(42)55-52/h10-13,23,29-30,32,34-36,45,60,63-65H,9,14-22,24-28H2,1-8H3,(H,53,67)/b12-11+,23-10+,31-13-/t30-,32-,35+,36?,45-,51-/m0/s1. The zero-order chi connectivity index (χ0) is 50.4. The maximum Gasteiger partial charge on any atom is 0.315 e. The van der Waals surface area contributed by atoms with Gasteiger partial charge in [-0.2, -0.15) is 0 Å². The highest BCUT2D eigenvalue weighted by molar-refractivity contribution is 6.19. The molecule has 0 saturated carbocycles. The number of likely N-dealkylation sites (N-methyl/N-ethyl adjacent to an activating group) is 1. The van der Waals surface area contributed by atoms with Crippen LogP contribution < -0.4 is 20.8 Å². The van der Waals surface area contributed by atoms with E-state index in [1.54, 1.807) is 56.9 Å². The van der Waals surface area contributed by atoms with Gasteiger partial charge >= 0.3 is 11.8 Å². The molecule has 70 heavy (non-hydrogen) atoms. The minimum Gasteiger partial charge on any atom is -0.507 e. The Hall–Kier alpha value is -5.40. The van der Waals surface area contributed by atoms with Crippen LogP contribution in [0.1, 0.15) is 96.0 Å². The molecule has 6 atom stereocenters. The highest BCUT2D eigenvalue weighted by Crippen LogP contribution is 2.50. The minimum absolute atomic E-state index is 0.0329. The number of likely N-dealkylation sites (tertiary alicyclic amines) is 2. The molecule has 0 radical (unpaired) electrons. The number of amides is 2. The molecule has 18 nitrogen and oxygen atoms in total. The van der Waals surface area contributed by atoms with Gasteiger partial charge < -0.3 is 54.7 Å². The number of piperidine rings is 1. The number of Topliss-reactive ketones (excluding diaryl/α,β-unsaturated/α-hetero) is 1. The van der Waals surface area contributed by atoms with Crippen LogP contribution in [0.5, 0.6) is 17.2 Å². The number of benzene rings is 2. The van der Waals surface area contributed by atoms with Crippen molar-refractivity contribution in [2.45, 2.75) is 123 Å². The van der Waals surface area contributed by atoms with Crippen LogP contribution in [0, 0.1) is 24.7 Å². The van der Waals surface area contributed by atoms with E-state index in [1.165, 1.54) is 13.2 Å². The summed E-state index contributed by atoms with van der Waals surface area (Å²) in [5, 5.41) is 50.2. The van der Waals surface area contributed by atoms with Crippen molar-refractivity contribution in [1.29, 1.82) is 0 Å². The second-order valence-electron chi connectivity index (χ2n) is 21.0. The summed E-state index contributed by atoms with van der Waals surface area (Å²) in [6, 6.07) is 0.482. The summed E-state index contributed by atoms with van der Waals surface area (Å²) in [6.45, 7) is 19.2. The Balaban J connectivity index is 1.09. The van der Waals surface area contributed by atoms with Crippen molar-refractivity contribution in [1.82, 2.24) is 19.6 Å². The van der Waals surface area contributed by atoms with Gasteiger partial charge in [0.15, 0.2) is 11.4 Å². The second kappa shape index (κ2) is 20.4. The molecule has 380 valence electrons. The average molecular weight is 970 g/mol. The first-order chi connectivity index (χ1) is 33.2. The van der Waals surface area contributed by atoms with Crippen molar-refractivity contribution in [2.24, 2.45) is 27.7 Å². The first-order valence-electron chi connectivity index (χ1n) is 24.9. The topological polar surface area (TPSA) is 227 Å². The van der Waals surface area contributed by atoms with Gasteiger partial charge in [0.25, 0.3) is 11.7 Å². The van der Waals surface area contributed by atoms with Gasteiger partial charge in [-0.25, -0.2) is 0 Å². The number of hydrogen-bond acceptors (Lipinski definition) is 16. The third-order valence-electron chi connectivity index (χ3n) is 15.1. The van der Waals surface area contributed by atoms with E-state index in [9.17, 15) is 39.6 Å². The number of carbonyl (C=O) groups is 4. The number of piperazine rings is 1. The molecule has 7 aliphatic heterocycles. The Bertz CT molecular complexity index is 2610. The maximum absolute atomic E-state index is 14.7. The molecule has 2 aromatic rings. The van der Waals surface area contributed by atoms with E-state index >= 15 is 0 Å². The number of ether oxygens (including phenoxy) is 3. The summed E-state index contributed by atoms with van der Waals surface area (Å²) < 4.78 is 18.3. The Morgan fingerprint density at radius 2 is 1.66 bits per heavy atom. The summed E-state index contributed by atoms with van der Waals surface area (Å²) in [5.41, 5.74) is -0.568. The lowest BCUT2D eigenvalue weighted by molar-refractivity contribution is -0.156. The Morgan fingerprint density at radius 1 is 0.971 bits per heavy atom. The molecule has 7 heterocycles. The van der Waals surface area contributed by atoms with E-state index in [0.717, 1.165) is 32.7 Å². The highest BCUT2D eigenvalue weighted by atomic mass is 16.7. The lowest BCUT2D eigenvalue weighted by atomic mass is 9.86. The van der Waals surface area contributed by atoms with Gasteiger partial charge in [-0.15, -0.1) is 0 Å². The van der Waals surface area contributed by atoms with Crippen molar-refractivity contribution in [3.63, 3.8) is 0 Å². The monoisotopic (exact) mass is 970 g/mol. The molecule has 0 aromatic heterocycles. The molecule has 9 rings (SSSR count). The molecule has 7 aliphatic rings. The second-order valence-corrected chi connectivity index (χ2v) is 21.0. The van der Waals surface area contributed by atoms with E-state index in [2.05, 4.69) is 40.9 Å². The number of aromatic hydroxyl groups is 2. The van der Waals surface area contributed by atoms with Crippen LogP contribution in [0.3, 0.4) is 0 Å². The van der Waals surface area contributed by atoms with Crippen molar-refractivity contribution in [3.8, 4) is 17.2 Å². The zero-order valence-electron chi connectivity index (χ0n) is 41.9. The number of nitrogens with one attached hydrogen (secondary N) is 1. The van der Waals surface area contributed by atoms with Crippen LogP contribution in [-0.4, -0.2) is 165 Å². The number of anilines is 1. The summed E-state index contributed by atoms with van der Waals surface area (Å²) in [4.78, 5) is 74.4. The smallest absolute Gasteiger partial charge is 0.315 e. The first kappa shape index (κ1) is 51.0. The van der Waals surface area contributed by atoms with Crippen molar-refractivity contribution in [3.05, 3.63) is 58.0 Å². The molecule has 3 fully saturated rings. The average Bonchev–Trinajstić information content (AvgIpc) is 3.81. The maximum atomic E-state index is 14.7. The van der Waals surface area contributed by atoms with Crippen LogP contribution in [0.2, 0.25) is 0 Å². The molecule has 18 heteroatoms. The van der Waals surface area contributed by atoms with E-state index in [4.69, 9.17) is 24.2 Å². The van der Waals surface area contributed by atoms with Crippen molar-refractivity contribution in [2.75, 3.05) is 71.3 Å². The van der Waals surface area contributed by atoms with Gasteiger partial charge in [0.1, 0.15) is 35.1 Å². The number of allylic oxidation sites excluding steroid dienone is 3. The molecule has 1 spiro atoms. The number of ketones is 1. The fourth-order valence-electron chi connectivity index (χ4n) is 10.7.